The Kier molecular flexibility index (Phi) is 5.28. The van der Waals surface area contributed by atoms with E-state index < -0.39 is 11.6 Å². The Morgan fingerprint density at radius 3 is 2.62 bits per heavy atom. The zero-order valence-electron chi connectivity index (χ0n) is 12.2. The fourth-order valence-corrected chi connectivity index (χ4v) is 2.08. The highest BCUT2D eigenvalue weighted by Gasteiger charge is 2.09. The van der Waals surface area contributed by atoms with Crippen LogP contribution in [0.3, 0.4) is 0 Å². The molecule has 0 aromatic heterocycles. The number of halogens is 2. The van der Waals surface area contributed by atoms with E-state index in [9.17, 15) is 8.78 Å². The summed E-state index contributed by atoms with van der Waals surface area (Å²) in [7, 11) is 0. The van der Waals surface area contributed by atoms with Crippen LogP contribution in [0.4, 0.5) is 8.78 Å². The van der Waals surface area contributed by atoms with Crippen LogP contribution in [0, 0.1) is 11.6 Å². The number of hydrogen-bond acceptors (Lipinski definition) is 2. The first-order chi connectivity index (χ1) is 10.1. The molecular formula is C17H19F2NO. The quantitative estimate of drug-likeness (QED) is 0.860. The Bertz CT molecular complexity index is 601. The third-order valence-electron chi connectivity index (χ3n) is 3.27. The molecule has 0 spiro atoms. The molecule has 2 rings (SSSR count). The van der Waals surface area contributed by atoms with Gasteiger partial charge < -0.3 is 10.1 Å². The van der Waals surface area contributed by atoms with Gasteiger partial charge in [0.1, 0.15) is 5.75 Å². The van der Waals surface area contributed by atoms with Gasteiger partial charge in [0.25, 0.3) is 0 Å². The molecule has 0 aliphatic heterocycles. The second-order valence-corrected chi connectivity index (χ2v) is 4.86. The summed E-state index contributed by atoms with van der Waals surface area (Å²) in [5.74, 6) is -0.813. The molecule has 0 amide bonds. The SMILES string of the molecule is CCOc1cccc(CNC(C)c2ccc(F)c(F)c2)c1. The normalized spacial score (nSPS) is 12.2. The Balaban J connectivity index is 1.98. The molecule has 2 nitrogen and oxygen atoms in total. The van der Waals surface area contributed by atoms with Crippen molar-refractivity contribution in [2.24, 2.45) is 0 Å². The van der Waals surface area contributed by atoms with Gasteiger partial charge >= 0.3 is 0 Å². The lowest BCUT2D eigenvalue weighted by Crippen LogP contribution is -2.18. The van der Waals surface area contributed by atoms with Crippen molar-refractivity contribution in [2.45, 2.75) is 26.4 Å². The molecule has 0 bridgehead atoms. The maximum absolute atomic E-state index is 13.2. The minimum atomic E-state index is -0.824. The Hall–Kier alpha value is -1.94. The van der Waals surface area contributed by atoms with Crippen LogP contribution in [-0.2, 0) is 6.54 Å². The van der Waals surface area contributed by atoms with Crippen LogP contribution in [0.1, 0.15) is 31.0 Å². The molecule has 0 saturated carbocycles. The van der Waals surface area contributed by atoms with Crippen LogP contribution in [-0.4, -0.2) is 6.61 Å². The van der Waals surface area contributed by atoms with Crippen molar-refractivity contribution in [3.05, 3.63) is 65.2 Å². The average Bonchev–Trinajstić information content (AvgIpc) is 2.48. The first-order valence-electron chi connectivity index (χ1n) is 7.00. The Morgan fingerprint density at radius 1 is 1.10 bits per heavy atom. The highest BCUT2D eigenvalue weighted by molar-refractivity contribution is 5.28. The molecule has 1 unspecified atom stereocenters. The lowest BCUT2D eigenvalue weighted by Gasteiger charge is -2.15. The topological polar surface area (TPSA) is 21.3 Å². The summed E-state index contributed by atoms with van der Waals surface area (Å²) in [6.45, 7) is 5.11. The van der Waals surface area contributed by atoms with E-state index in [4.69, 9.17) is 4.74 Å². The van der Waals surface area contributed by atoms with E-state index in [2.05, 4.69) is 5.32 Å². The summed E-state index contributed by atoms with van der Waals surface area (Å²) in [6, 6.07) is 11.7. The number of rotatable bonds is 6. The van der Waals surface area contributed by atoms with Gasteiger partial charge in [-0.05, 0) is 49.2 Å². The van der Waals surface area contributed by atoms with E-state index in [0.29, 0.717) is 13.2 Å². The third-order valence-corrected chi connectivity index (χ3v) is 3.27. The molecule has 112 valence electrons. The van der Waals surface area contributed by atoms with Crippen molar-refractivity contribution >= 4 is 0 Å². The van der Waals surface area contributed by atoms with Gasteiger partial charge in [0.15, 0.2) is 11.6 Å². The first kappa shape index (κ1) is 15.4. The predicted molar refractivity (Wildman–Crippen MR) is 79.2 cm³/mol. The maximum Gasteiger partial charge on any atom is 0.159 e. The second-order valence-electron chi connectivity index (χ2n) is 4.86. The minimum absolute atomic E-state index is 0.0733. The van der Waals surface area contributed by atoms with Gasteiger partial charge in [-0.3, -0.25) is 0 Å². The molecular weight excluding hydrogens is 272 g/mol. The summed E-state index contributed by atoms with van der Waals surface area (Å²) in [5, 5.41) is 3.29. The van der Waals surface area contributed by atoms with Crippen LogP contribution in [0.5, 0.6) is 5.75 Å². The third kappa shape index (κ3) is 4.26. The minimum Gasteiger partial charge on any atom is -0.494 e. The van der Waals surface area contributed by atoms with Crippen molar-refractivity contribution in [2.75, 3.05) is 6.61 Å². The Labute approximate surface area is 123 Å². The van der Waals surface area contributed by atoms with Crippen molar-refractivity contribution in [3.63, 3.8) is 0 Å². The summed E-state index contributed by atoms with van der Waals surface area (Å²) in [5.41, 5.74) is 1.80. The molecule has 1 atom stereocenters. The summed E-state index contributed by atoms with van der Waals surface area (Å²) in [6.07, 6.45) is 0. The van der Waals surface area contributed by atoms with Crippen molar-refractivity contribution < 1.29 is 13.5 Å². The molecule has 2 aromatic rings. The van der Waals surface area contributed by atoms with E-state index in [0.717, 1.165) is 22.9 Å². The smallest absolute Gasteiger partial charge is 0.159 e. The molecule has 4 heteroatoms. The molecule has 0 aliphatic carbocycles. The molecule has 21 heavy (non-hydrogen) atoms. The molecule has 0 saturated heterocycles. The van der Waals surface area contributed by atoms with Gasteiger partial charge in [-0.2, -0.15) is 0 Å². The zero-order valence-corrected chi connectivity index (χ0v) is 12.2. The highest BCUT2D eigenvalue weighted by atomic mass is 19.2. The van der Waals surface area contributed by atoms with E-state index in [1.54, 1.807) is 6.07 Å². The second kappa shape index (κ2) is 7.18. The number of ether oxygens (including phenoxy) is 1. The van der Waals surface area contributed by atoms with Gasteiger partial charge in [-0.1, -0.05) is 18.2 Å². The summed E-state index contributed by atoms with van der Waals surface area (Å²) < 4.78 is 31.6. The molecule has 2 aromatic carbocycles. The monoisotopic (exact) mass is 291 g/mol. The van der Waals surface area contributed by atoms with Crippen molar-refractivity contribution in [1.82, 2.24) is 5.32 Å². The van der Waals surface area contributed by atoms with E-state index >= 15 is 0 Å². The molecule has 0 radical (unpaired) electrons. The van der Waals surface area contributed by atoms with Crippen LogP contribution in [0.15, 0.2) is 42.5 Å². The number of nitrogens with one attached hydrogen (secondary N) is 1. The van der Waals surface area contributed by atoms with Gasteiger partial charge in [-0.25, -0.2) is 8.78 Å². The van der Waals surface area contributed by atoms with Gasteiger partial charge in [0.05, 0.1) is 6.61 Å². The fraction of sp³-hybridized carbons (Fsp3) is 0.294. The summed E-state index contributed by atoms with van der Waals surface area (Å²) >= 11 is 0. The molecule has 1 N–H and O–H groups in total. The van der Waals surface area contributed by atoms with Gasteiger partial charge in [0, 0.05) is 12.6 Å². The van der Waals surface area contributed by atoms with Crippen molar-refractivity contribution in [3.8, 4) is 5.75 Å². The van der Waals surface area contributed by atoms with Gasteiger partial charge in [0.2, 0.25) is 0 Å². The van der Waals surface area contributed by atoms with Gasteiger partial charge in [-0.15, -0.1) is 0 Å². The molecule has 0 heterocycles. The zero-order chi connectivity index (χ0) is 15.2. The van der Waals surface area contributed by atoms with Crippen LogP contribution < -0.4 is 10.1 Å². The summed E-state index contributed by atoms with van der Waals surface area (Å²) in [4.78, 5) is 0. The first-order valence-corrected chi connectivity index (χ1v) is 7.00. The van der Waals surface area contributed by atoms with Crippen molar-refractivity contribution in [1.29, 1.82) is 0 Å². The van der Waals surface area contributed by atoms with Crippen LogP contribution >= 0.6 is 0 Å². The highest BCUT2D eigenvalue weighted by Crippen LogP contribution is 2.18. The maximum atomic E-state index is 13.2. The lowest BCUT2D eigenvalue weighted by atomic mass is 10.1. The molecule has 0 fully saturated rings. The van der Waals surface area contributed by atoms with E-state index in [1.807, 2.05) is 38.1 Å². The predicted octanol–water partition coefficient (Wildman–Crippen LogP) is 4.21. The largest absolute Gasteiger partial charge is 0.494 e. The molecule has 0 aliphatic rings. The fourth-order valence-electron chi connectivity index (χ4n) is 2.08. The number of benzene rings is 2. The number of hydrogen-bond donors (Lipinski definition) is 1. The van der Waals surface area contributed by atoms with E-state index in [1.165, 1.54) is 6.07 Å². The standard InChI is InChI=1S/C17H19F2NO/c1-3-21-15-6-4-5-13(9-15)11-20-12(2)14-7-8-16(18)17(19)10-14/h4-10,12,20H,3,11H2,1-2H3. The van der Waals surface area contributed by atoms with E-state index in [-0.39, 0.29) is 6.04 Å². The Morgan fingerprint density at radius 2 is 1.90 bits per heavy atom. The van der Waals surface area contributed by atoms with Crippen LogP contribution in [0.25, 0.3) is 0 Å². The average molecular weight is 291 g/mol. The lowest BCUT2D eigenvalue weighted by molar-refractivity contribution is 0.339. The van der Waals surface area contributed by atoms with Crippen LogP contribution in [0.2, 0.25) is 0 Å².